The molecule has 6 nitrogen and oxygen atoms in total. The van der Waals surface area contributed by atoms with Crippen LogP contribution in [0.15, 0.2) is 65.6 Å². The first-order valence-corrected chi connectivity index (χ1v) is 9.80. The number of hydrogen-bond acceptors (Lipinski definition) is 3. The first-order chi connectivity index (χ1) is 14.4. The summed E-state index contributed by atoms with van der Waals surface area (Å²) in [6, 6.07) is 1.52. The van der Waals surface area contributed by atoms with Gasteiger partial charge in [0.05, 0.1) is 24.5 Å². The van der Waals surface area contributed by atoms with Gasteiger partial charge in [-0.15, -0.1) is 6.58 Å². The topological polar surface area (TPSA) is 67.3 Å². The monoisotopic (exact) mass is 411 g/mol. The van der Waals surface area contributed by atoms with Crippen LogP contribution in [0, 0.1) is 6.92 Å². The Morgan fingerprint density at radius 2 is 2.23 bits per heavy atom. The van der Waals surface area contributed by atoms with Crippen molar-refractivity contribution in [1.29, 1.82) is 0 Å². The molecule has 1 aliphatic rings. The third-order valence-electron chi connectivity index (χ3n) is 5.20. The number of fused-ring (bicyclic) bond motifs is 1. The lowest BCUT2D eigenvalue weighted by Gasteiger charge is -2.33. The number of hydrogen-bond donors (Lipinski definition) is 1. The van der Waals surface area contributed by atoms with Gasteiger partial charge < -0.3 is 19.2 Å². The van der Waals surface area contributed by atoms with Gasteiger partial charge in [0.25, 0.3) is 11.5 Å². The van der Waals surface area contributed by atoms with Crippen molar-refractivity contribution in [1.82, 2.24) is 14.5 Å². The van der Waals surface area contributed by atoms with Gasteiger partial charge >= 0.3 is 0 Å². The van der Waals surface area contributed by atoms with Crippen molar-refractivity contribution in [3.8, 4) is 0 Å². The van der Waals surface area contributed by atoms with Crippen molar-refractivity contribution < 1.29 is 13.9 Å². The number of nitrogens with one attached hydrogen (secondary N) is 1. The molecule has 0 spiro atoms. The number of nitrogens with zero attached hydrogens (tertiary/aromatic N) is 2. The molecular weight excluding hydrogens is 385 g/mol. The molecule has 1 atom stereocenters. The molecule has 2 aromatic rings. The molecule has 2 aromatic heterocycles. The quantitative estimate of drug-likeness (QED) is 0.731. The molecule has 30 heavy (non-hydrogen) atoms. The molecule has 0 radical (unpaired) electrons. The van der Waals surface area contributed by atoms with Crippen LogP contribution in [-0.4, -0.2) is 40.1 Å². The van der Waals surface area contributed by atoms with Crippen molar-refractivity contribution >= 4 is 16.8 Å². The van der Waals surface area contributed by atoms with E-state index in [1.54, 1.807) is 30.3 Å². The summed E-state index contributed by atoms with van der Waals surface area (Å²) in [7, 11) is 1.72. The van der Waals surface area contributed by atoms with E-state index >= 15 is 0 Å². The summed E-state index contributed by atoms with van der Waals surface area (Å²) in [6.07, 6.45) is 9.13. The molecule has 1 unspecified atom stereocenters. The molecule has 7 heteroatoms. The summed E-state index contributed by atoms with van der Waals surface area (Å²) in [5, 5.41) is 0.585. The Bertz CT molecular complexity index is 1120. The third-order valence-corrected chi connectivity index (χ3v) is 5.20. The highest BCUT2D eigenvalue weighted by Crippen LogP contribution is 2.28. The van der Waals surface area contributed by atoms with E-state index in [1.165, 1.54) is 10.6 Å². The van der Waals surface area contributed by atoms with Gasteiger partial charge in [-0.1, -0.05) is 18.2 Å². The Morgan fingerprint density at radius 3 is 2.90 bits per heavy atom. The van der Waals surface area contributed by atoms with Crippen LogP contribution in [0.25, 0.3) is 10.9 Å². The number of carbonyl (C=O) groups excluding carboxylic acids is 1. The van der Waals surface area contributed by atoms with Crippen LogP contribution in [0.2, 0.25) is 0 Å². The zero-order chi connectivity index (χ0) is 21.8. The van der Waals surface area contributed by atoms with E-state index in [0.717, 1.165) is 11.3 Å². The van der Waals surface area contributed by atoms with E-state index < -0.39 is 0 Å². The third kappa shape index (κ3) is 3.87. The van der Waals surface area contributed by atoms with E-state index in [0.29, 0.717) is 48.1 Å². The van der Waals surface area contributed by atoms with Crippen molar-refractivity contribution in [3.05, 3.63) is 82.4 Å². The fourth-order valence-corrected chi connectivity index (χ4v) is 3.83. The molecule has 0 bridgehead atoms. The summed E-state index contributed by atoms with van der Waals surface area (Å²) < 4.78 is 19.9. The van der Waals surface area contributed by atoms with Crippen molar-refractivity contribution in [2.75, 3.05) is 13.7 Å². The molecule has 0 saturated carbocycles. The number of H-pyrrole nitrogens is 1. The summed E-state index contributed by atoms with van der Waals surface area (Å²) in [5.74, 6) is 0.181. The fourth-order valence-electron chi connectivity index (χ4n) is 3.83. The first kappa shape index (κ1) is 21.4. The Labute approximate surface area is 174 Å². The van der Waals surface area contributed by atoms with Gasteiger partial charge in [-0.25, -0.2) is 4.39 Å². The number of carbonyl (C=O) groups is 1. The van der Waals surface area contributed by atoms with Gasteiger partial charge in [0, 0.05) is 48.9 Å². The molecule has 0 aliphatic carbocycles. The molecule has 0 saturated heterocycles. The molecule has 3 rings (SSSR count). The fraction of sp³-hybridized carbons (Fsp3) is 0.304. The van der Waals surface area contributed by atoms with Crippen molar-refractivity contribution in [2.24, 2.45) is 0 Å². The van der Waals surface area contributed by atoms with Crippen LogP contribution in [0.1, 0.15) is 29.4 Å². The molecule has 158 valence electrons. The van der Waals surface area contributed by atoms with E-state index in [1.807, 2.05) is 26.0 Å². The second kappa shape index (κ2) is 8.98. The number of ether oxygens (including phenoxy) is 1. The maximum absolute atomic E-state index is 13.5. The largest absolute Gasteiger partial charge is 0.493 e. The highest BCUT2D eigenvalue weighted by Gasteiger charge is 2.30. The number of aryl methyl sites for hydroxylation is 1. The van der Waals surface area contributed by atoms with Gasteiger partial charge in [0.15, 0.2) is 0 Å². The molecule has 1 amide bonds. The molecular formula is C23H26FN3O3. The maximum Gasteiger partial charge on any atom is 0.275 e. The van der Waals surface area contributed by atoms with Crippen LogP contribution in [0.3, 0.4) is 0 Å². The van der Waals surface area contributed by atoms with Crippen molar-refractivity contribution in [2.45, 2.75) is 32.9 Å². The second-order valence-corrected chi connectivity index (χ2v) is 7.21. The Balaban J connectivity index is 2.11. The maximum atomic E-state index is 13.5. The van der Waals surface area contributed by atoms with Gasteiger partial charge in [0.1, 0.15) is 11.3 Å². The lowest BCUT2D eigenvalue weighted by Crippen LogP contribution is -2.41. The van der Waals surface area contributed by atoms with Crippen molar-refractivity contribution in [3.63, 3.8) is 0 Å². The summed E-state index contributed by atoms with van der Waals surface area (Å²) in [6.45, 7) is 8.06. The average Bonchev–Trinajstić information content (AvgIpc) is 3.12. The van der Waals surface area contributed by atoms with E-state index in [9.17, 15) is 14.0 Å². The van der Waals surface area contributed by atoms with Crippen LogP contribution >= 0.6 is 0 Å². The minimum absolute atomic E-state index is 0.201. The Hall–Kier alpha value is -3.35. The van der Waals surface area contributed by atoms with Crippen LogP contribution in [0.4, 0.5) is 4.39 Å². The predicted molar refractivity (Wildman–Crippen MR) is 116 cm³/mol. The minimum atomic E-state index is -0.288. The number of pyridine rings is 1. The number of likely N-dealkylation sites (N-methyl/N-ethyl adjacent to an activating group) is 1. The number of rotatable bonds is 6. The van der Waals surface area contributed by atoms with E-state index in [-0.39, 0.29) is 17.5 Å². The summed E-state index contributed by atoms with van der Waals surface area (Å²) >= 11 is 0. The Morgan fingerprint density at radius 1 is 1.47 bits per heavy atom. The minimum Gasteiger partial charge on any atom is -0.493 e. The summed E-state index contributed by atoms with van der Waals surface area (Å²) in [4.78, 5) is 30.9. The smallest absolute Gasteiger partial charge is 0.275 e. The first-order valence-electron chi connectivity index (χ1n) is 9.80. The average molecular weight is 411 g/mol. The van der Waals surface area contributed by atoms with Gasteiger partial charge in [-0.3, -0.25) is 9.59 Å². The van der Waals surface area contributed by atoms with E-state index in [2.05, 4.69) is 11.6 Å². The second-order valence-electron chi connectivity index (χ2n) is 7.21. The highest BCUT2D eigenvalue weighted by molar-refractivity contribution is 6.06. The number of amides is 1. The Kier molecular flexibility index (Phi) is 6.40. The lowest BCUT2D eigenvalue weighted by molar-refractivity contribution is 0.0700. The normalized spacial score (nSPS) is 17.1. The molecule has 1 aliphatic heterocycles. The number of halogens is 1. The van der Waals surface area contributed by atoms with Gasteiger partial charge in [-0.05, 0) is 19.9 Å². The van der Waals surface area contributed by atoms with Crippen LogP contribution in [-0.2, 0) is 11.3 Å². The number of aromatic nitrogens is 2. The molecule has 3 heterocycles. The highest BCUT2D eigenvalue weighted by atomic mass is 19.1. The van der Waals surface area contributed by atoms with Gasteiger partial charge in [0.2, 0.25) is 0 Å². The van der Waals surface area contributed by atoms with Gasteiger partial charge in [-0.2, -0.15) is 0 Å². The van der Waals surface area contributed by atoms with Crippen LogP contribution < -0.4 is 5.56 Å². The lowest BCUT2D eigenvalue weighted by atomic mass is 9.97. The number of allylic oxidation sites excluding steroid dienone is 3. The zero-order valence-corrected chi connectivity index (χ0v) is 17.4. The predicted octanol–water partition coefficient (Wildman–Crippen LogP) is 4.00. The SMILES string of the molecule is C=CCn1cc(C(=O)N(C)C2CCOC(/C=C/F)=C2/C=C\C)c2cc(C)[nH]c2c1=O. The van der Waals surface area contributed by atoms with Crippen LogP contribution in [0.5, 0.6) is 0 Å². The van der Waals surface area contributed by atoms with E-state index in [4.69, 9.17) is 4.74 Å². The molecule has 1 N–H and O–H groups in total. The summed E-state index contributed by atoms with van der Waals surface area (Å²) in [5.41, 5.74) is 2.15. The molecule has 0 fully saturated rings. The standard InChI is InChI=1S/C23H26FN3O3/c1-5-7-16-19(9-12-30-20(16)8-10-24)26(4)22(28)18-14-27(11-6-2)23(29)21-17(18)13-15(3)25-21/h5-8,10,13-14,19,25H,2,9,11-12H2,1,3-4H3/b7-5-,10-8+. The zero-order valence-electron chi connectivity index (χ0n) is 17.4. The molecule has 0 aromatic carbocycles. The number of aromatic amines is 1.